The fourth-order valence-corrected chi connectivity index (χ4v) is 3.68. The molecule has 0 spiro atoms. The summed E-state index contributed by atoms with van der Waals surface area (Å²) in [6, 6.07) is 12.6. The summed E-state index contributed by atoms with van der Waals surface area (Å²) in [7, 11) is 1.70. The number of ether oxygens (including phenoxy) is 1. The maximum atomic E-state index is 5.44. The maximum absolute atomic E-state index is 5.44. The summed E-state index contributed by atoms with van der Waals surface area (Å²) in [5.41, 5.74) is 1.32. The molecule has 1 fully saturated rings. The lowest BCUT2D eigenvalue weighted by Crippen LogP contribution is -3.13. The summed E-state index contributed by atoms with van der Waals surface area (Å²) in [4.78, 5) is 1.63. The van der Waals surface area contributed by atoms with Crippen LogP contribution >= 0.6 is 12.2 Å². The van der Waals surface area contributed by atoms with Crippen molar-refractivity contribution in [3.8, 4) is 5.75 Å². The second-order valence-electron chi connectivity index (χ2n) is 6.69. The number of hydrogen-bond acceptors (Lipinski definition) is 3. The molecule has 3 rings (SSSR count). The quantitative estimate of drug-likeness (QED) is 0.648. The van der Waals surface area contributed by atoms with E-state index in [1.54, 1.807) is 18.3 Å². The molecule has 0 amide bonds. The van der Waals surface area contributed by atoms with Crippen LogP contribution in [0.1, 0.15) is 36.6 Å². The first-order chi connectivity index (χ1) is 12.8. The molecule has 0 unspecified atom stereocenters. The molecular formula is C20H28N3O2S+. The number of furan rings is 1. The van der Waals surface area contributed by atoms with Crippen molar-refractivity contribution in [3.63, 3.8) is 0 Å². The van der Waals surface area contributed by atoms with Crippen molar-refractivity contribution in [1.29, 1.82) is 0 Å². The zero-order valence-corrected chi connectivity index (χ0v) is 16.1. The van der Waals surface area contributed by atoms with Gasteiger partial charge in [0.05, 0.1) is 39.6 Å². The van der Waals surface area contributed by atoms with Gasteiger partial charge in [0.2, 0.25) is 0 Å². The Morgan fingerprint density at radius 1 is 1.15 bits per heavy atom. The molecule has 2 aromatic rings. The van der Waals surface area contributed by atoms with E-state index in [1.807, 2.05) is 24.3 Å². The van der Waals surface area contributed by atoms with Crippen LogP contribution < -0.4 is 20.3 Å². The van der Waals surface area contributed by atoms with Crippen molar-refractivity contribution >= 4 is 17.3 Å². The molecule has 1 atom stereocenters. The average molecular weight is 375 g/mol. The Labute approximate surface area is 160 Å². The van der Waals surface area contributed by atoms with Crippen molar-refractivity contribution in [1.82, 2.24) is 10.6 Å². The summed E-state index contributed by atoms with van der Waals surface area (Å²) in [6.45, 7) is 3.84. The largest absolute Gasteiger partial charge is 0.497 e. The van der Waals surface area contributed by atoms with Crippen LogP contribution in [-0.2, 0) is 6.54 Å². The highest BCUT2D eigenvalue weighted by Crippen LogP contribution is 2.16. The molecular weight excluding hydrogens is 346 g/mol. The Kier molecular flexibility index (Phi) is 6.91. The van der Waals surface area contributed by atoms with Crippen LogP contribution in [0.25, 0.3) is 0 Å². The first-order valence-electron chi connectivity index (χ1n) is 9.29. The molecule has 5 nitrogen and oxygen atoms in total. The molecule has 6 heteroatoms. The molecule has 1 aromatic carbocycles. The van der Waals surface area contributed by atoms with Gasteiger partial charge < -0.3 is 24.7 Å². The molecule has 0 radical (unpaired) electrons. The molecule has 140 valence electrons. The summed E-state index contributed by atoms with van der Waals surface area (Å²) >= 11 is 5.44. The number of thiocarbonyl (C=S) groups is 1. The monoisotopic (exact) mass is 374 g/mol. The molecule has 0 aliphatic carbocycles. The minimum atomic E-state index is 0.379. The predicted molar refractivity (Wildman–Crippen MR) is 106 cm³/mol. The van der Waals surface area contributed by atoms with E-state index in [0.717, 1.165) is 18.1 Å². The van der Waals surface area contributed by atoms with E-state index in [-0.39, 0.29) is 0 Å². The number of benzene rings is 1. The Morgan fingerprint density at radius 2 is 1.92 bits per heavy atom. The van der Waals surface area contributed by atoms with Gasteiger partial charge in [0.25, 0.3) is 0 Å². The van der Waals surface area contributed by atoms with E-state index in [4.69, 9.17) is 21.4 Å². The zero-order valence-electron chi connectivity index (χ0n) is 15.3. The second kappa shape index (κ2) is 9.59. The third-order valence-corrected chi connectivity index (χ3v) is 5.27. The molecule has 3 N–H and O–H groups in total. The number of quaternary nitrogens is 1. The number of piperidine rings is 1. The molecule has 1 aromatic heterocycles. The van der Waals surface area contributed by atoms with Crippen LogP contribution in [-0.4, -0.2) is 31.9 Å². The molecule has 26 heavy (non-hydrogen) atoms. The molecule has 0 bridgehead atoms. The van der Waals surface area contributed by atoms with Crippen LogP contribution in [0.3, 0.4) is 0 Å². The van der Waals surface area contributed by atoms with E-state index in [0.29, 0.717) is 17.7 Å². The number of likely N-dealkylation sites (tertiary alicyclic amines) is 1. The van der Waals surface area contributed by atoms with Crippen molar-refractivity contribution in [2.24, 2.45) is 0 Å². The number of nitrogens with one attached hydrogen (secondary N) is 3. The Hall–Kier alpha value is -2.05. The first kappa shape index (κ1) is 18.7. The molecule has 1 aliphatic heterocycles. The van der Waals surface area contributed by atoms with E-state index in [1.165, 1.54) is 37.9 Å². The third kappa shape index (κ3) is 5.22. The highest BCUT2D eigenvalue weighted by molar-refractivity contribution is 7.80. The van der Waals surface area contributed by atoms with Crippen LogP contribution in [0.2, 0.25) is 0 Å². The minimum Gasteiger partial charge on any atom is -0.497 e. The summed E-state index contributed by atoms with van der Waals surface area (Å²) in [5.74, 6) is 1.77. The Morgan fingerprint density at radius 3 is 2.58 bits per heavy atom. The van der Waals surface area contributed by atoms with Gasteiger partial charge in [0.15, 0.2) is 5.11 Å². The van der Waals surface area contributed by atoms with Gasteiger partial charge in [-0.1, -0.05) is 0 Å². The van der Waals surface area contributed by atoms with E-state index >= 15 is 0 Å². The maximum Gasteiger partial charge on any atom is 0.166 e. The van der Waals surface area contributed by atoms with Crippen molar-refractivity contribution in [2.75, 3.05) is 26.7 Å². The minimum absolute atomic E-state index is 0.379. The lowest BCUT2D eigenvalue weighted by atomic mass is 10.0. The van der Waals surface area contributed by atoms with Gasteiger partial charge in [0.1, 0.15) is 17.6 Å². The smallest absolute Gasteiger partial charge is 0.166 e. The normalized spacial score (nSPS) is 16.0. The average Bonchev–Trinajstić information content (AvgIpc) is 3.21. The predicted octanol–water partition coefficient (Wildman–Crippen LogP) is 2.06. The van der Waals surface area contributed by atoms with Gasteiger partial charge in [-0.25, -0.2) is 0 Å². The van der Waals surface area contributed by atoms with Crippen LogP contribution in [0, 0.1) is 0 Å². The SMILES string of the molecule is COc1ccc([C@@H](CNC(=S)NCc2ccco2)[NH+]2CCCCC2)cc1. The highest BCUT2D eigenvalue weighted by atomic mass is 32.1. The van der Waals surface area contributed by atoms with Gasteiger partial charge in [0, 0.05) is 5.56 Å². The number of methoxy groups -OCH3 is 1. The number of rotatable bonds is 7. The Bertz CT molecular complexity index is 667. The Balaban J connectivity index is 1.59. The van der Waals surface area contributed by atoms with Gasteiger partial charge in [-0.15, -0.1) is 0 Å². The van der Waals surface area contributed by atoms with E-state index < -0.39 is 0 Å². The molecule has 1 saturated heterocycles. The topological polar surface area (TPSA) is 50.9 Å². The van der Waals surface area contributed by atoms with E-state index in [2.05, 4.69) is 22.8 Å². The van der Waals surface area contributed by atoms with Crippen molar-refractivity contribution < 1.29 is 14.1 Å². The molecule has 0 saturated carbocycles. The standard InChI is InChI=1S/C20H27N3O2S/c1-24-17-9-7-16(8-10-17)19(23-11-3-2-4-12-23)15-22-20(26)21-14-18-6-5-13-25-18/h5-10,13,19H,2-4,11-12,14-15H2,1H3,(H2,21,22,26)/p+1/t19-/m1/s1. The summed E-state index contributed by atoms with van der Waals surface area (Å²) < 4.78 is 10.6. The lowest BCUT2D eigenvalue weighted by molar-refractivity contribution is -0.934. The van der Waals surface area contributed by atoms with Gasteiger partial charge >= 0.3 is 0 Å². The van der Waals surface area contributed by atoms with Gasteiger partial charge in [-0.3, -0.25) is 0 Å². The summed E-state index contributed by atoms with van der Waals surface area (Å²) in [5, 5.41) is 7.27. The van der Waals surface area contributed by atoms with Gasteiger partial charge in [-0.05, 0) is 67.9 Å². The summed E-state index contributed by atoms with van der Waals surface area (Å²) in [6.07, 6.45) is 5.61. The zero-order chi connectivity index (χ0) is 18.2. The van der Waals surface area contributed by atoms with Crippen LogP contribution in [0.15, 0.2) is 47.1 Å². The van der Waals surface area contributed by atoms with Crippen molar-refractivity contribution in [2.45, 2.75) is 31.8 Å². The molecule has 2 heterocycles. The fraction of sp³-hybridized carbons (Fsp3) is 0.450. The van der Waals surface area contributed by atoms with E-state index in [9.17, 15) is 0 Å². The highest BCUT2D eigenvalue weighted by Gasteiger charge is 2.26. The van der Waals surface area contributed by atoms with Crippen LogP contribution in [0.4, 0.5) is 0 Å². The van der Waals surface area contributed by atoms with Crippen LogP contribution in [0.5, 0.6) is 5.75 Å². The fourth-order valence-electron chi connectivity index (χ4n) is 3.53. The first-order valence-corrected chi connectivity index (χ1v) is 9.69. The second-order valence-corrected chi connectivity index (χ2v) is 7.10. The molecule has 1 aliphatic rings. The third-order valence-electron chi connectivity index (χ3n) is 4.98. The van der Waals surface area contributed by atoms with Crippen molar-refractivity contribution in [3.05, 3.63) is 54.0 Å². The lowest BCUT2D eigenvalue weighted by Gasteiger charge is -2.32. The van der Waals surface area contributed by atoms with Gasteiger partial charge in [-0.2, -0.15) is 0 Å². The number of hydrogen-bond donors (Lipinski definition) is 3.